The summed E-state index contributed by atoms with van der Waals surface area (Å²) in [6.45, 7) is 11.2. The van der Waals surface area contributed by atoms with Crippen molar-refractivity contribution in [2.24, 2.45) is 4.99 Å². The van der Waals surface area contributed by atoms with Crippen LogP contribution in [0.25, 0.3) is 0 Å². The molecule has 0 fully saturated rings. The first-order valence-electron chi connectivity index (χ1n) is 3.64. The Bertz CT molecular complexity index is 170. The number of likely N-dealkylation sites (N-methyl/N-ethyl adjacent to an activating group) is 1. The Morgan fingerprint density at radius 1 is 1.55 bits per heavy atom. The van der Waals surface area contributed by atoms with Crippen molar-refractivity contribution < 1.29 is 0 Å². The average Bonchev–Trinajstić information content (AvgIpc) is 2.02. The van der Waals surface area contributed by atoms with Crippen molar-refractivity contribution in [1.29, 1.82) is 0 Å². The first-order chi connectivity index (χ1) is 5.13. The highest BCUT2D eigenvalue weighted by Crippen LogP contribution is 1.97. The predicted molar refractivity (Wildman–Crippen MR) is 50.7 cm³/mol. The molecule has 11 heavy (non-hydrogen) atoms. The van der Waals surface area contributed by atoms with E-state index in [0.29, 0.717) is 6.04 Å². The molecular weight excluding hydrogens is 136 g/mol. The summed E-state index contributed by atoms with van der Waals surface area (Å²) in [7, 11) is 1.98. The number of rotatable bonds is 3. The van der Waals surface area contributed by atoms with E-state index in [1.54, 1.807) is 6.20 Å². The monoisotopic (exact) mass is 152 g/mol. The lowest BCUT2D eigenvalue weighted by Crippen LogP contribution is -2.31. The van der Waals surface area contributed by atoms with Gasteiger partial charge in [0, 0.05) is 19.3 Å². The van der Waals surface area contributed by atoms with Crippen LogP contribution in [0.5, 0.6) is 0 Å². The van der Waals surface area contributed by atoms with E-state index in [1.165, 1.54) is 0 Å². The van der Waals surface area contributed by atoms with Crippen LogP contribution < -0.4 is 0 Å². The SMILES string of the molecule is C=C/N=C(/C)N(C)C(C)C=C. The second kappa shape index (κ2) is 4.72. The van der Waals surface area contributed by atoms with Gasteiger partial charge in [-0.3, -0.25) is 0 Å². The summed E-state index contributed by atoms with van der Waals surface area (Å²) in [4.78, 5) is 6.09. The molecule has 0 rings (SSSR count). The quantitative estimate of drug-likeness (QED) is 0.343. The van der Waals surface area contributed by atoms with E-state index >= 15 is 0 Å². The van der Waals surface area contributed by atoms with Crippen molar-refractivity contribution >= 4 is 5.84 Å². The minimum atomic E-state index is 0.318. The predicted octanol–water partition coefficient (Wildman–Crippen LogP) is 2.05. The van der Waals surface area contributed by atoms with Crippen LogP contribution in [-0.2, 0) is 0 Å². The van der Waals surface area contributed by atoms with E-state index < -0.39 is 0 Å². The van der Waals surface area contributed by atoms with Crippen molar-refractivity contribution in [3.63, 3.8) is 0 Å². The molecule has 0 aliphatic heterocycles. The molecule has 0 aromatic heterocycles. The lowest BCUT2D eigenvalue weighted by molar-refractivity contribution is 0.450. The van der Waals surface area contributed by atoms with Crippen LogP contribution in [0.4, 0.5) is 0 Å². The van der Waals surface area contributed by atoms with E-state index in [-0.39, 0.29) is 0 Å². The molecule has 0 aliphatic rings. The Hall–Kier alpha value is -1.05. The number of aliphatic imine (C=N–C) groups is 1. The average molecular weight is 152 g/mol. The zero-order chi connectivity index (χ0) is 8.85. The first kappa shape index (κ1) is 9.95. The Labute approximate surface area is 68.9 Å². The van der Waals surface area contributed by atoms with Gasteiger partial charge in [-0.2, -0.15) is 0 Å². The van der Waals surface area contributed by atoms with Crippen molar-refractivity contribution in [3.8, 4) is 0 Å². The maximum absolute atomic E-state index is 4.05. The first-order valence-corrected chi connectivity index (χ1v) is 3.64. The van der Waals surface area contributed by atoms with Gasteiger partial charge >= 0.3 is 0 Å². The largest absolute Gasteiger partial charge is 0.357 e. The van der Waals surface area contributed by atoms with Crippen LogP contribution in [0, 0.1) is 0 Å². The van der Waals surface area contributed by atoms with Gasteiger partial charge in [-0.25, -0.2) is 4.99 Å². The molecule has 0 amide bonds. The Balaban J connectivity index is 4.22. The summed E-state index contributed by atoms with van der Waals surface area (Å²) < 4.78 is 0. The fourth-order valence-electron chi connectivity index (χ4n) is 0.676. The maximum Gasteiger partial charge on any atom is 0.101 e. The van der Waals surface area contributed by atoms with Crippen LogP contribution in [-0.4, -0.2) is 23.8 Å². The van der Waals surface area contributed by atoms with Gasteiger partial charge in [0.25, 0.3) is 0 Å². The molecular formula is C9H16N2. The Kier molecular flexibility index (Phi) is 4.27. The molecule has 0 N–H and O–H groups in total. The molecule has 62 valence electrons. The number of nitrogens with zero attached hydrogens (tertiary/aromatic N) is 2. The molecule has 0 aliphatic carbocycles. The summed E-state index contributed by atoms with van der Waals surface area (Å²) in [6.07, 6.45) is 3.42. The zero-order valence-electron chi connectivity index (χ0n) is 7.54. The van der Waals surface area contributed by atoms with E-state index in [4.69, 9.17) is 0 Å². The summed E-state index contributed by atoms with van der Waals surface area (Å²) in [6, 6.07) is 0.318. The van der Waals surface area contributed by atoms with Gasteiger partial charge < -0.3 is 4.90 Å². The fraction of sp³-hybridized carbons (Fsp3) is 0.444. The van der Waals surface area contributed by atoms with Gasteiger partial charge in [0.05, 0.1) is 0 Å². The Morgan fingerprint density at radius 3 is 2.45 bits per heavy atom. The standard InChI is InChI=1S/C9H16N2/c1-6-8(3)11(5)9(4)10-7-2/h6-8H,1-2H2,3-5H3/b10-9-. The summed E-state index contributed by atoms with van der Waals surface area (Å²) in [5.41, 5.74) is 0. The fourth-order valence-corrected chi connectivity index (χ4v) is 0.676. The molecule has 0 saturated carbocycles. The van der Waals surface area contributed by atoms with Crippen LogP contribution in [0.3, 0.4) is 0 Å². The number of amidine groups is 1. The van der Waals surface area contributed by atoms with Gasteiger partial charge in [-0.1, -0.05) is 12.7 Å². The third-order valence-electron chi connectivity index (χ3n) is 1.74. The molecule has 0 heterocycles. The van der Waals surface area contributed by atoms with Crippen LogP contribution in [0.2, 0.25) is 0 Å². The van der Waals surface area contributed by atoms with E-state index in [2.05, 4.69) is 25.1 Å². The third kappa shape index (κ3) is 3.03. The molecule has 0 bridgehead atoms. The molecule has 0 aromatic carbocycles. The lowest BCUT2D eigenvalue weighted by atomic mass is 10.3. The molecule has 0 radical (unpaired) electrons. The minimum absolute atomic E-state index is 0.318. The minimum Gasteiger partial charge on any atom is -0.357 e. The van der Waals surface area contributed by atoms with Crippen molar-refractivity contribution in [2.45, 2.75) is 19.9 Å². The highest BCUT2D eigenvalue weighted by atomic mass is 15.2. The zero-order valence-corrected chi connectivity index (χ0v) is 7.54. The van der Waals surface area contributed by atoms with Crippen molar-refractivity contribution in [1.82, 2.24) is 4.90 Å². The van der Waals surface area contributed by atoms with Gasteiger partial charge in [-0.05, 0) is 13.8 Å². The summed E-state index contributed by atoms with van der Waals surface area (Å²) in [5.74, 6) is 0.951. The van der Waals surface area contributed by atoms with Crippen molar-refractivity contribution in [3.05, 3.63) is 25.4 Å². The van der Waals surface area contributed by atoms with E-state index in [1.807, 2.05) is 24.9 Å². The highest BCUT2D eigenvalue weighted by Gasteiger charge is 2.04. The summed E-state index contributed by atoms with van der Waals surface area (Å²) >= 11 is 0. The topological polar surface area (TPSA) is 15.6 Å². The van der Waals surface area contributed by atoms with E-state index in [0.717, 1.165) is 5.84 Å². The number of hydrogen-bond acceptors (Lipinski definition) is 1. The van der Waals surface area contributed by atoms with Gasteiger partial charge in [0.15, 0.2) is 0 Å². The number of hydrogen-bond donors (Lipinski definition) is 0. The van der Waals surface area contributed by atoms with Crippen molar-refractivity contribution in [2.75, 3.05) is 7.05 Å². The van der Waals surface area contributed by atoms with Crippen LogP contribution in [0.1, 0.15) is 13.8 Å². The van der Waals surface area contributed by atoms with Crippen LogP contribution >= 0.6 is 0 Å². The smallest absolute Gasteiger partial charge is 0.101 e. The highest BCUT2D eigenvalue weighted by molar-refractivity contribution is 5.80. The van der Waals surface area contributed by atoms with Gasteiger partial charge in [0.1, 0.15) is 5.84 Å². The molecule has 0 aromatic rings. The normalized spacial score (nSPS) is 13.9. The van der Waals surface area contributed by atoms with Gasteiger partial charge in [-0.15, -0.1) is 6.58 Å². The third-order valence-corrected chi connectivity index (χ3v) is 1.74. The van der Waals surface area contributed by atoms with Crippen LogP contribution in [0.15, 0.2) is 30.4 Å². The molecule has 0 saturated heterocycles. The molecule has 2 nitrogen and oxygen atoms in total. The second-order valence-corrected chi connectivity index (χ2v) is 2.45. The lowest BCUT2D eigenvalue weighted by Gasteiger charge is -2.23. The van der Waals surface area contributed by atoms with Gasteiger partial charge in [0.2, 0.25) is 0 Å². The maximum atomic E-state index is 4.05. The molecule has 0 spiro atoms. The second-order valence-electron chi connectivity index (χ2n) is 2.45. The molecule has 2 heteroatoms. The molecule has 1 unspecified atom stereocenters. The van der Waals surface area contributed by atoms with E-state index in [9.17, 15) is 0 Å². The Morgan fingerprint density at radius 2 is 2.09 bits per heavy atom. The molecule has 1 atom stereocenters. The summed E-state index contributed by atoms with van der Waals surface area (Å²) in [5, 5.41) is 0.